The lowest BCUT2D eigenvalue weighted by atomic mass is 9.89. The van der Waals surface area contributed by atoms with E-state index in [1.54, 1.807) is 12.1 Å². The molecule has 0 aliphatic carbocycles. The van der Waals surface area contributed by atoms with Crippen LogP contribution >= 0.6 is 0 Å². The Bertz CT molecular complexity index is 2090. The summed E-state index contributed by atoms with van der Waals surface area (Å²) in [5.74, 6) is -1.16. The van der Waals surface area contributed by atoms with Gasteiger partial charge in [0.05, 0.1) is 25.0 Å². The minimum Gasteiger partial charge on any atom is -0.494 e. The molecule has 17 heteroatoms. The van der Waals surface area contributed by atoms with Crippen LogP contribution in [0, 0.1) is 5.82 Å². The molecular formula is C40H43F4N9O4. The first-order valence-corrected chi connectivity index (χ1v) is 18.8. The summed E-state index contributed by atoms with van der Waals surface area (Å²) in [6.45, 7) is 4.29. The Balaban J connectivity index is 0.891. The monoisotopic (exact) mass is 789 g/mol. The van der Waals surface area contributed by atoms with Crippen LogP contribution in [0.15, 0.2) is 72.9 Å². The summed E-state index contributed by atoms with van der Waals surface area (Å²) in [7, 11) is 1.47. The Morgan fingerprint density at radius 3 is 2.33 bits per heavy atom. The summed E-state index contributed by atoms with van der Waals surface area (Å²) in [5.41, 5.74) is 2.00. The third-order valence-corrected chi connectivity index (χ3v) is 10.6. The zero-order chi connectivity index (χ0) is 40.1. The van der Waals surface area contributed by atoms with Crippen LogP contribution in [0.4, 0.5) is 52.1 Å². The van der Waals surface area contributed by atoms with Gasteiger partial charge in [-0.2, -0.15) is 18.2 Å². The maximum absolute atomic E-state index is 14.3. The van der Waals surface area contributed by atoms with Gasteiger partial charge in [-0.15, -0.1) is 0 Å². The molecule has 0 radical (unpaired) electrons. The maximum atomic E-state index is 14.3. The van der Waals surface area contributed by atoms with E-state index < -0.39 is 29.4 Å². The summed E-state index contributed by atoms with van der Waals surface area (Å²) in [4.78, 5) is 51.0. The topological polar surface area (TPSA) is 144 Å². The van der Waals surface area contributed by atoms with Crippen molar-refractivity contribution in [2.45, 2.75) is 43.8 Å². The molecule has 300 valence electrons. The van der Waals surface area contributed by atoms with Gasteiger partial charge in [-0.3, -0.25) is 24.6 Å². The number of hydrogen-bond donors (Lipinski definition) is 4. The molecule has 3 fully saturated rings. The normalized spacial score (nSPS) is 18.2. The fourth-order valence-corrected chi connectivity index (χ4v) is 7.35. The first-order valence-electron chi connectivity index (χ1n) is 18.8. The lowest BCUT2D eigenvalue weighted by Gasteiger charge is -2.38. The molecule has 3 aliphatic heterocycles. The van der Waals surface area contributed by atoms with Crippen LogP contribution in [0.1, 0.15) is 42.7 Å². The van der Waals surface area contributed by atoms with Crippen molar-refractivity contribution in [3.63, 3.8) is 0 Å². The highest BCUT2D eigenvalue weighted by molar-refractivity contribution is 6.01. The van der Waals surface area contributed by atoms with Crippen molar-refractivity contribution in [1.82, 2.24) is 25.1 Å². The van der Waals surface area contributed by atoms with Gasteiger partial charge in [0, 0.05) is 56.2 Å². The van der Waals surface area contributed by atoms with Crippen LogP contribution in [0.5, 0.6) is 5.75 Å². The number of amides is 3. The molecule has 3 aliphatic rings. The van der Waals surface area contributed by atoms with E-state index in [-0.39, 0.29) is 29.4 Å². The standard InChI is InChI=1S/C40H43F4N9O4/c1-57-34-22-28(10-11-32(34)48-39-45-23-29(40(42,43)44)37(50-39)47-31-5-3-2-4-30(31)41)52-18-20-53(21-19-52)36(55)24-51-16-14-26(15-17-51)25-6-8-27(9-7-25)46-33-12-13-35(54)49-38(33)56/h2-11,22-23,26,33,46H,12-21,24H2,1H3,(H,49,54,56)(H2,45,47,48,50). The van der Waals surface area contributed by atoms with Gasteiger partial charge in [0.25, 0.3) is 0 Å². The number of nitrogens with zero attached hydrogens (tertiary/aromatic N) is 5. The van der Waals surface area contributed by atoms with E-state index in [9.17, 15) is 31.9 Å². The number of halogens is 4. The predicted octanol–water partition coefficient (Wildman–Crippen LogP) is 5.88. The predicted molar refractivity (Wildman–Crippen MR) is 206 cm³/mol. The molecule has 13 nitrogen and oxygen atoms in total. The number of benzene rings is 3. The first kappa shape index (κ1) is 39.3. The third-order valence-electron chi connectivity index (χ3n) is 10.6. The zero-order valence-corrected chi connectivity index (χ0v) is 31.2. The second kappa shape index (κ2) is 17.0. The molecule has 3 amide bonds. The van der Waals surface area contributed by atoms with Gasteiger partial charge in [0.1, 0.15) is 29.0 Å². The molecule has 0 bridgehead atoms. The van der Waals surface area contributed by atoms with Gasteiger partial charge in [-0.05, 0) is 80.2 Å². The number of imide groups is 1. The Labute approximate surface area is 326 Å². The summed E-state index contributed by atoms with van der Waals surface area (Å²) < 4.78 is 61.2. The van der Waals surface area contributed by atoms with Crippen molar-refractivity contribution in [3.8, 4) is 5.75 Å². The van der Waals surface area contributed by atoms with Crippen molar-refractivity contribution in [1.29, 1.82) is 0 Å². The average Bonchev–Trinajstić information content (AvgIpc) is 3.20. The van der Waals surface area contributed by atoms with Gasteiger partial charge in [-0.25, -0.2) is 9.37 Å². The van der Waals surface area contributed by atoms with Crippen LogP contribution in [0.3, 0.4) is 0 Å². The van der Waals surface area contributed by atoms with Crippen molar-refractivity contribution in [3.05, 3.63) is 89.9 Å². The van der Waals surface area contributed by atoms with Gasteiger partial charge in [0.2, 0.25) is 23.7 Å². The number of rotatable bonds is 11. The molecule has 1 aromatic heterocycles. The lowest BCUT2D eigenvalue weighted by Crippen LogP contribution is -2.51. The summed E-state index contributed by atoms with van der Waals surface area (Å²) >= 11 is 0. The highest BCUT2D eigenvalue weighted by Crippen LogP contribution is 2.37. The molecule has 0 saturated carbocycles. The molecule has 3 saturated heterocycles. The number of carbonyl (C=O) groups is 3. The number of likely N-dealkylation sites (tertiary alicyclic amines) is 1. The van der Waals surface area contributed by atoms with Crippen molar-refractivity contribution in [2.75, 3.05) is 73.8 Å². The number of piperazine rings is 1. The average molecular weight is 790 g/mol. The number of para-hydroxylation sites is 1. The first-order chi connectivity index (χ1) is 27.4. The largest absolute Gasteiger partial charge is 0.494 e. The molecule has 4 heterocycles. The van der Waals surface area contributed by atoms with Crippen LogP contribution < -0.4 is 30.9 Å². The fourth-order valence-electron chi connectivity index (χ4n) is 7.35. The molecule has 4 N–H and O–H groups in total. The van der Waals surface area contributed by atoms with E-state index in [0.29, 0.717) is 69.1 Å². The molecular weight excluding hydrogens is 746 g/mol. The van der Waals surface area contributed by atoms with E-state index in [4.69, 9.17) is 4.74 Å². The lowest BCUT2D eigenvalue weighted by molar-refractivity contribution is -0.137. The van der Waals surface area contributed by atoms with Gasteiger partial charge >= 0.3 is 6.18 Å². The van der Waals surface area contributed by atoms with Crippen LogP contribution in [0.2, 0.25) is 0 Å². The van der Waals surface area contributed by atoms with Crippen LogP contribution in [0.25, 0.3) is 0 Å². The molecule has 1 atom stereocenters. The number of piperidine rings is 2. The SMILES string of the molecule is COc1cc(N2CCN(C(=O)CN3CCC(c4ccc(NC5CCC(=O)NC5=O)cc4)CC3)CC2)ccc1Nc1ncc(C(F)(F)F)c(Nc2ccccc2F)n1. The second-order valence-electron chi connectivity index (χ2n) is 14.3. The molecule has 57 heavy (non-hydrogen) atoms. The summed E-state index contributed by atoms with van der Waals surface area (Å²) in [6, 6.07) is 18.4. The van der Waals surface area contributed by atoms with E-state index in [1.807, 2.05) is 23.1 Å². The van der Waals surface area contributed by atoms with Crippen molar-refractivity contribution in [2.24, 2.45) is 0 Å². The quantitative estimate of drug-likeness (QED) is 0.107. The minimum atomic E-state index is -4.78. The van der Waals surface area contributed by atoms with Gasteiger partial charge in [0.15, 0.2) is 0 Å². The maximum Gasteiger partial charge on any atom is 0.421 e. The summed E-state index contributed by atoms with van der Waals surface area (Å²) in [5, 5.41) is 10.9. The molecule has 7 rings (SSSR count). The van der Waals surface area contributed by atoms with E-state index in [0.717, 1.165) is 43.4 Å². The van der Waals surface area contributed by atoms with Crippen LogP contribution in [-0.4, -0.2) is 96.5 Å². The number of aromatic nitrogens is 2. The number of nitrogens with one attached hydrogen (secondary N) is 4. The number of anilines is 6. The Morgan fingerprint density at radius 1 is 0.912 bits per heavy atom. The highest BCUT2D eigenvalue weighted by atomic mass is 19.4. The number of ether oxygens (including phenoxy) is 1. The Hall–Kier alpha value is -5.97. The molecule has 0 spiro atoms. The Kier molecular flexibility index (Phi) is 11.7. The minimum absolute atomic E-state index is 0.0921. The number of methoxy groups -OCH3 is 1. The Morgan fingerprint density at radius 2 is 1.65 bits per heavy atom. The van der Waals surface area contributed by atoms with E-state index in [2.05, 4.69) is 53.2 Å². The smallest absolute Gasteiger partial charge is 0.421 e. The third kappa shape index (κ3) is 9.53. The molecule has 4 aromatic rings. The summed E-state index contributed by atoms with van der Waals surface area (Å²) in [6.07, 6.45) is -1.49. The van der Waals surface area contributed by atoms with Crippen LogP contribution in [-0.2, 0) is 20.6 Å². The van der Waals surface area contributed by atoms with Gasteiger partial charge < -0.3 is 30.5 Å². The van der Waals surface area contributed by atoms with E-state index >= 15 is 0 Å². The number of alkyl halides is 3. The molecule has 3 aromatic carbocycles. The number of hydrogen-bond acceptors (Lipinski definition) is 11. The van der Waals surface area contributed by atoms with Gasteiger partial charge in [-0.1, -0.05) is 24.3 Å². The molecule has 1 unspecified atom stereocenters. The highest BCUT2D eigenvalue weighted by Gasteiger charge is 2.36. The zero-order valence-electron chi connectivity index (χ0n) is 31.2. The van der Waals surface area contributed by atoms with E-state index in [1.165, 1.54) is 30.9 Å². The number of carbonyl (C=O) groups excluding carboxylic acids is 3. The fraction of sp³-hybridized carbons (Fsp3) is 0.375. The van der Waals surface area contributed by atoms with Crippen molar-refractivity contribution >= 4 is 52.2 Å². The van der Waals surface area contributed by atoms with Crippen molar-refractivity contribution < 1.29 is 36.7 Å². The second-order valence-corrected chi connectivity index (χ2v) is 14.3.